The van der Waals surface area contributed by atoms with Crippen molar-refractivity contribution in [3.63, 3.8) is 0 Å². The number of benzene rings is 2. The third-order valence-corrected chi connectivity index (χ3v) is 6.09. The number of anilines is 1. The van der Waals surface area contributed by atoms with Crippen LogP contribution in [0.2, 0.25) is 0 Å². The van der Waals surface area contributed by atoms with E-state index in [0.29, 0.717) is 31.8 Å². The molecule has 7 nitrogen and oxygen atoms in total. The maximum atomic E-state index is 12.8. The van der Waals surface area contributed by atoms with Gasteiger partial charge in [0.25, 0.3) is 5.91 Å². The highest BCUT2D eigenvalue weighted by Gasteiger charge is 2.24. The molecule has 33 heavy (non-hydrogen) atoms. The van der Waals surface area contributed by atoms with Crippen LogP contribution in [0.5, 0.6) is 0 Å². The van der Waals surface area contributed by atoms with Crippen molar-refractivity contribution in [2.45, 2.75) is 38.5 Å². The number of amides is 1. The minimum Gasteiger partial charge on any atom is -0.466 e. The number of fused-ring (bicyclic) bond motifs is 1. The molecule has 1 atom stereocenters. The van der Waals surface area contributed by atoms with Gasteiger partial charge in [-0.2, -0.15) is 5.10 Å². The number of rotatable bonds is 7. The Morgan fingerprint density at radius 3 is 2.73 bits per heavy atom. The first-order valence-corrected chi connectivity index (χ1v) is 11.7. The lowest BCUT2D eigenvalue weighted by Gasteiger charge is -2.25. The number of hydrogen-bond acceptors (Lipinski definition) is 6. The number of carbonyl (C=O) groups is 2. The van der Waals surface area contributed by atoms with E-state index in [0.717, 1.165) is 49.2 Å². The van der Waals surface area contributed by atoms with Crippen molar-refractivity contribution < 1.29 is 19.1 Å². The van der Waals surface area contributed by atoms with Crippen LogP contribution >= 0.6 is 0 Å². The summed E-state index contributed by atoms with van der Waals surface area (Å²) in [4.78, 5) is 24.8. The number of carbonyl (C=O) groups excluding carboxylic acids is 2. The van der Waals surface area contributed by atoms with E-state index in [1.54, 1.807) is 18.3 Å². The molecule has 1 aliphatic heterocycles. The van der Waals surface area contributed by atoms with E-state index in [9.17, 15) is 9.59 Å². The Morgan fingerprint density at radius 2 is 1.97 bits per heavy atom. The van der Waals surface area contributed by atoms with Gasteiger partial charge in [0.05, 0.1) is 45.5 Å². The molecule has 2 aliphatic rings. The van der Waals surface area contributed by atoms with Gasteiger partial charge in [-0.1, -0.05) is 18.2 Å². The summed E-state index contributed by atoms with van der Waals surface area (Å²) in [5.74, 6) is -0.193. The zero-order valence-corrected chi connectivity index (χ0v) is 19.1. The van der Waals surface area contributed by atoms with Gasteiger partial charge in [0.15, 0.2) is 0 Å². The van der Waals surface area contributed by atoms with E-state index in [1.807, 2.05) is 36.2 Å². The highest BCUT2D eigenvalue weighted by molar-refractivity contribution is 6.04. The number of morpholine rings is 1. The Morgan fingerprint density at radius 1 is 1.18 bits per heavy atom. The second-order valence-corrected chi connectivity index (χ2v) is 8.40. The molecule has 1 unspecified atom stereocenters. The number of nitrogens with zero attached hydrogens (tertiary/aromatic N) is 2. The fourth-order valence-corrected chi connectivity index (χ4v) is 4.35. The van der Waals surface area contributed by atoms with Gasteiger partial charge in [0.2, 0.25) is 0 Å². The van der Waals surface area contributed by atoms with E-state index in [2.05, 4.69) is 16.5 Å². The predicted molar refractivity (Wildman–Crippen MR) is 128 cm³/mol. The summed E-state index contributed by atoms with van der Waals surface area (Å²) in [6, 6.07) is 13.4. The number of ether oxygens (including phenoxy) is 2. The molecule has 1 heterocycles. The molecular formula is C26H31N3O4. The minimum absolute atomic E-state index is 0.134. The standard InChI is InChI=1S/C26H31N3O4/c1-2-33-25(30)16-22-5-3-4-20-10-11-23(17-24(20)22)28-26(31)21-8-6-19(7-9-21)18-27-29-12-14-32-15-13-29/h6-11,17-18,22H,2-5,12-16H2,1H3,(H,28,31). The van der Waals surface area contributed by atoms with E-state index < -0.39 is 0 Å². The van der Waals surface area contributed by atoms with E-state index in [-0.39, 0.29) is 17.8 Å². The summed E-state index contributed by atoms with van der Waals surface area (Å²) in [6.45, 7) is 5.19. The number of hydrazone groups is 1. The fourth-order valence-electron chi connectivity index (χ4n) is 4.35. The van der Waals surface area contributed by atoms with Crippen LogP contribution in [-0.4, -0.2) is 56.0 Å². The summed E-state index contributed by atoms with van der Waals surface area (Å²) in [5.41, 5.74) is 4.65. The molecule has 7 heteroatoms. The van der Waals surface area contributed by atoms with Crippen LogP contribution in [0.1, 0.15) is 59.2 Å². The Hall–Kier alpha value is -3.19. The summed E-state index contributed by atoms with van der Waals surface area (Å²) < 4.78 is 10.5. The van der Waals surface area contributed by atoms with Crippen LogP contribution < -0.4 is 5.32 Å². The van der Waals surface area contributed by atoms with Crippen molar-refractivity contribution >= 4 is 23.8 Å². The van der Waals surface area contributed by atoms with Gasteiger partial charge in [-0.15, -0.1) is 0 Å². The zero-order chi connectivity index (χ0) is 23.0. The third kappa shape index (κ3) is 6.20. The molecule has 1 fully saturated rings. The van der Waals surface area contributed by atoms with Crippen molar-refractivity contribution in [3.8, 4) is 0 Å². The molecule has 4 rings (SSSR count). The largest absolute Gasteiger partial charge is 0.466 e. The predicted octanol–water partition coefficient (Wildman–Crippen LogP) is 3.98. The van der Waals surface area contributed by atoms with Crippen LogP contribution in [0.25, 0.3) is 0 Å². The second kappa shape index (κ2) is 11.1. The summed E-state index contributed by atoms with van der Waals surface area (Å²) in [7, 11) is 0. The van der Waals surface area contributed by atoms with Crippen LogP contribution in [0, 0.1) is 0 Å². The number of hydrogen-bond donors (Lipinski definition) is 1. The lowest BCUT2D eigenvalue weighted by Crippen LogP contribution is -2.32. The maximum absolute atomic E-state index is 12.8. The van der Waals surface area contributed by atoms with Crippen molar-refractivity contribution in [2.24, 2.45) is 5.10 Å². The Bertz CT molecular complexity index is 997. The van der Waals surface area contributed by atoms with Gasteiger partial charge in [0.1, 0.15) is 0 Å². The smallest absolute Gasteiger partial charge is 0.306 e. The summed E-state index contributed by atoms with van der Waals surface area (Å²) >= 11 is 0. The SMILES string of the molecule is CCOC(=O)CC1CCCc2ccc(NC(=O)c3ccc(C=NN4CCOCC4)cc3)cc21. The molecule has 1 saturated heterocycles. The molecule has 174 valence electrons. The molecule has 0 bridgehead atoms. The quantitative estimate of drug-likeness (QED) is 0.511. The first-order valence-electron chi connectivity index (χ1n) is 11.7. The summed E-state index contributed by atoms with van der Waals surface area (Å²) in [6.07, 6.45) is 5.20. The number of esters is 1. The van der Waals surface area contributed by atoms with E-state index in [1.165, 1.54) is 5.56 Å². The van der Waals surface area contributed by atoms with Gasteiger partial charge in [-0.25, -0.2) is 0 Å². The van der Waals surface area contributed by atoms with Crippen LogP contribution in [0.3, 0.4) is 0 Å². The first kappa shape index (κ1) is 23.0. The van der Waals surface area contributed by atoms with Gasteiger partial charge in [-0.05, 0) is 73.1 Å². The highest BCUT2D eigenvalue weighted by Crippen LogP contribution is 2.36. The minimum atomic E-state index is -0.165. The lowest BCUT2D eigenvalue weighted by atomic mass is 9.81. The molecule has 0 spiro atoms. The third-order valence-electron chi connectivity index (χ3n) is 6.09. The molecule has 1 amide bonds. The maximum Gasteiger partial charge on any atom is 0.306 e. The van der Waals surface area contributed by atoms with Gasteiger partial charge in [-0.3, -0.25) is 14.6 Å². The molecular weight excluding hydrogens is 418 g/mol. The highest BCUT2D eigenvalue weighted by atomic mass is 16.5. The molecule has 2 aromatic rings. The summed E-state index contributed by atoms with van der Waals surface area (Å²) in [5, 5.41) is 9.45. The molecule has 0 saturated carbocycles. The van der Waals surface area contributed by atoms with Gasteiger partial charge < -0.3 is 14.8 Å². The van der Waals surface area contributed by atoms with Crippen molar-refractivity contribution in [2.75, 3.05) is 38.2 Å². The Balaban J connectivity index is 1.40. The average molecular weight is 450 g/mol. The molecule has 1 aliphatic carbocycles. The Labute approximate surface area is 194 Å². The normalized spacial score (nSPS) is 18.1. The second-order valence-electron chi connectivity index (χ2n) is 8.40. The van der Waals surface area contributed by atoms with Gasteiger partial charge in [0, 0.05) is 11.3 Å². The molecule has 1 N–H and O–H groups in total. The Kier molecular flexibility index (Phi) is 7.73. The molecule has 0 aromatic heterocycles. The van der Waals surface area contributed by atoms with Gasteiger partial charge >= 0.3 is 5.97 Å². The monoisotopic (exact) mass is 449 g/mol. The fraction of sp³-hybridized carbons (Fsp3) is 0.423. The van der Waals surface area contributed by atoms with Crippen molar-refractivity contribution in [1.29, 1.82) is 0 Å². The van der Waals surface area contributed by atoms with Crippen LogP contribution in [-0.2, 0) is 20.7 Å². The number of nitrogens with one attached hydrogen (secondary N) is 1. The topological polar surface area (TPSA) is 80.2 Å². The molecule has 0 radical (unpaired) electrons. The number of aryl methyl sites for hydroxylation is 1. The molecule has 2 aromatic carbocycles. The van der Waals surface area contributed by atoms with E-state index in [4.69, 9.17) is 9.47 Å². The average Bonchev–Trinajstić information content (AvgIpc) is 2.84. The van der Waals surface area contributed by atoms with Crippen LogP contribution in [0.15, 0.2) is 47.6 Å². The van der Waals surface area contributed by atoms with Crippen molar-refractivity contribution in [3.05, 3.63) is 64.7 Å². The zero-order valence-electron chi connectivity index (χ0n) is 19.1. The lowest BCUT2D eigenvalue weighted by molar-refractivity contribution is -0.143. The van der Waals surface area contributed by atoms with Crippen LogP contribution in [0.4, 0.5) is 5.69 Å². The first-order chi connectivity index (χ1) is 16.1. The van der Waals surface area contributed by atoms with E-state index >= 15 is 0 Å². The van der Waals surface area contributed by atoms with Crippen molar-refractivity contribution in [1.82, 2.24) is 5.01 Å².